The van der Waals surface area contributed by atoms with Crippen molar-refractivity contribution in [3.05, 3.63) is 32.4 Å². The lowest BCUT2D eigenvalue weighted by molar-refractivity contribution is -0.392. The van der Waals surface area contributed by atoms with Crippen LogP contribution in [0.3, 0.4) is 0 Å². The Morgan fingerprint density at radius 1 is 0.935 bits per heavy atom. The maximum Gasteiger partial charge on any atom is 0.460 e. The molecule has 0 aliphatic heterocycles. The summed E-state index contributed by atoms with van der Waals surface area (Å²) in [5.74, 6) is -14.3. The van der Waals surface area contributed by atoms with Gasteiger partial charge in [-0.05, 0) is 11.8 Å². The zero-order valence-electron chi connectivity index (χ0n) is 14.3. The standard InChI is InChI=1S/C12H6F9N3O6S/c1-30-8(25)22-7-5(23(26)27)2-4(3-6(7)24(28)29)31-12(20,21)10(15,16)9(13,14)11(17,18)19/h2-3H,1H3,(H,22,25). The van der Waals surface area contributed by atoms with E-state index in [9.17, 15) is 64.5 Å². The number of ether oxygens (including phenoxy) is 1. The third-order valence-corrected chi connectivity index (χ3v) is 4.22. The lowest BCUT2D eigenvalue weighted by Crippen LogP contribution is -2.59. The number of nitrogens with zero attached hydrogens (tertiary/aromatic N) is 2. The number of carbonyl (C=O) groups excluding carboxylic acids is 1. The van der Waals surface area contributed by atoms with Gasteiger partial charge < -0.3 is 4.74 Å². The number of methoxy groups -OCH3 is 1. The van der Waals surface area contributed by atoms with E-state index in [1.165, 1.54) is 5.32 Å². The highest BCUT2D eigenvalue weighted by atomic mass is 32.2. The second kappa shape index (κ2) is 8.27. The van der Waals surface area contributed by atoms with Crippen molar-refractivity contribution >= 4 is 34.9 Å². The van der Waals surface area contributed by atoms with Gasteiger partial charge in [0, 0.05) is 17.0 Å². The Morgan fingerprint density at radius 2 is 1.35 bits per heavy atom. The normalized spacial score (nSPS) is 13.0. The van der Waals surface area contributed by atoms with Gasteiger partial charge in [0.15, 0.2) is 0 Å². The van der Waals surface area contributed by atoms with Gasteiger partial charge in [0.05, 0.1) is 17.0 Å². The molecule has 0 aliphatic rings. The molecule has 1 aromatic carbocycles. The fourth-order valence-electron chi connectivity index (χ4n) is 1.79. The largest absolute Gasteiger partial charge is 0.460 e. The first-order valence-corrected chi connectivity index (χ1v) is 7.82. The van der Waals surface area contributed by atoms with Gasteiger partial charge in [0.2, 0.25) is 5.69 Å². The Balaban J connectivity index is 3.61. The molecule has 31 heavy (non-hydrogen) atoms. The fourth-order valence-corrected chi connectivity index (χ4v) is 2.68. The molecule has 9 nitrogen and oxygen atoms in total. The van der Waals surface area contributed by atoms with Crippen LogP contribution in [0, 0.1) is 20.2 Å². The highest BCUT2D eigenvalue weighted by molar-refractivity contribution is 8.00. The number of thioether (sulfide) groups is 1. The van der Waals surface area contributed by atoms with Crippen molar-refractivity contribution < 1.29 is 58.9 Å². The monoisotopic (exact) mass is 491 g/mol. The predicted molar refractivity (Wildman–Crippen MR) is 82.5 cm³/mol. The number of rotatable bonds is 7. The molecule has 1 aromatic rings. The number of hydrogen-bond acceptors (Lipinski definition) is 7. The average Bonchev–Trinajstić information content (AvgIpc) is 2.60. The Hall–Kier alpha value is -2.99. The molecule has 174 valence electrons. The molecular formula is C12H6F9N3O6S. The van der Waals surface area contributed by atoms with Crippen LogP contribution in [0.2, 0.25) is 0 Å². The van der Waals surface area contributed by atoms with Crippen molar-refractivity contribution in [1.82, 2.24) is 0 Å². The van der Waals surface area contributed by atoms with Gasteiger partial charge in [0.1, 0.15) is 0 Å². The number of benzene rings is 1. The number of nitro benzene ring substituents is 2. The summed E-state index contributed by atoms with van der Waals surface area (Å²) in [7, 11) is 0.723. The summed E-state index contributed by atoms with van der Waals surface area (Å²) >= 11 is -1.72. The van der Waals surface area contributed by atoms with E-state index in [1.54, 1.807) is 0 Å². The Bertz CT molecular complexity index is 873. The van der Waals surface area contributed by atoms with E-state index in [1.807, 2.05) is 0 Å². The summed E-state index contributed by atoms with van der Waals surface area (Å²) in [6.07, 6.45) is -8.62. The van der Waals surface area contributed by atoms with Gasteiger partial charge >= 0.3 is 40.7 Å². The van der Waals surface area contributed by atoms with Crippen molar-refractivity contribution in [3.63, 3.8) is 0 Å². The van der Waals surface area contributed by atoms with E-state index in [2.05, 4.69) is 4.74 Å². The zero-order valence-corrected chi connectivity index (χ0v) is 15.1. The molecule has 19 heteroatoms. The molecule has 0 fully saturated rings. The lowest BCUT2D eigenvalue weighted by atomic mass is 10.1. The lowest BCUT2D eigenvalue weighted by Gasteiger charge is -2.33. The Kier molecular flexibility index (Phi) is 6.95. The predicted octanol–water partition coefficient (Wildman–Crippen LogP) is 5.20. The molecular weight excluding hydrogens is 485 g/mol. The van der Waals surface area contributed by atoms with E-state index in [0.29, 0.717) is 0 Å². The van der Waals surface area contributed by atoms with E-state index in [4.69, 9.17) is 0 Å². The Morgan fingerprint density at radius 3 is 1.68 bits per heavy atom. The summed E-state index contributed by atoms with van der Waals surface area (Å²) in [5.41, 5.74) is -4.37. The first kappa shape index (κ1) is 26.0. The van der Waals surface area contributed by atoms with Crippen LogP contribution < -0.4 is 5.32 Å². The second-order valence-electron chi connectivity index (χ2n) is 5.23. The van der Waals surface area contributed by atoms with Crippen LogP contribution in [-0.2, 0) is 4.74 Å². The molecule has 1 amide bonds. The van der Waals surface area contributed by atoms with Gasteiger partial charge in [-0.2, -0.15) is 39.5 Å². The minimum absolute atomic E-state index is 0.0847. The number of hydrogen-bond donors (Lipinski definition) is 1. The third-order valence-electron chi connectivity index (χ3n) is 3.24. The number of alkyl halides is 9. The highest BCUT2D eigenvalue weighted by Gasteiger charge is 2.82. The van der Waals surface area contributed by atoms with E-state index < -0.39 is 72.9 Å². The molecule has 0 atom stereocenters. The number of halogens is 9. The van der Waals surface area contributed by atoms with Crippen LogP contribution in [0.15, 0.2) is 17.0 Å². The van der Waals surface area contributed by atoms with Gasteiger partial charge in [-0.1, -0.05) is 0 Å². The second-order valence-corrected chi connectivity index (χ2v) is 6.42. The van der Waals surface area contributed by atoms with Crippen LogP contribution in [0.1, 0.15) is 0 Å². The molecule has 1 rings (SSSR count). The quantitative estimate of drug-likeness (QED) is 0.241. The van der Waals surface area contributed by atoms with E-state index in [-0.39, 0.29) is 12.1 Å². The molecule has 0 heterocycles. The molecule has 0 spiro atoms. The SMILES string of the molecule is COC(=O)Nc1c([N+](=O)[O-])cc(SC(F)(F)C(F)(F)C(F)(F)C(F)(F)F)cc1[N+](=O)[O-]. The highest BCUT2D eigenvalue weighted by Crippen LogP contribution is 2.58. The number of amides is 1. The van der Waals surface area contributed by atoms with Crippen LogP contribution in [0.5, 0.6) is 0 Å². The minimum atomic E-state index is -7.24. The third kappa shape index (κ3) is 4.85. The summed E-state index contributed by atoms with van der Waals surface area (Å²) in [6.45, 7) is 0. The van der Waals surface area contributed by atoms with Crippen LogP contribution in [-0.4, -0.2) is 46.3 Å². The number of carbonyl (C=O) groups is 1. The van der Waals surface area contributed by atoms with E-state index >= 15 is 0 Å². The van der Waals surface area contributed by atoms with Crippen LogP contribution in [0.4, 0.5) is 61.4 Å². The topological polar surface area (TPSA) is 125 Å². The number of nitro groups is 2. The van der Waals surface area contributed by atoms with Crippen molar-refractivity contribution in [2.75, 3.05) is 12.4 Å². The maximum atomic E-state index is 13.7. The molecule has 0 unspecified atom stereocenters. The van der Waals surface area contributed by atoms with Crippen LogP contribution in [0.25, 0.3) is 0 Å². The molecule has 1 N–H and O–H groups in total. The van der Waals surface area contributed by atoms with Crippen LogP contribution >= 0.6 is 11.8 Å². The van der Waals surface area contributed by atoms with Gasteiger partial charge in [-0.25, -0.2) is 4.79 Å². The first-order valence-electron chi connectivity index (χ1n) is 7.01. The summed E-state index contributed by atoms with van der Waals surface area (Å²) in [4.78, 5) is 28.7. The van der Waals surface area contributed by atoms with Crippen molar-refractivity contribution in [1.29, 1.82) is 0 Å². The Labute approximate surface area is 167 Å². The smallest absolute Gasteiger partial charge is 0.453 e. The van der Waals surface area contributed by atoms with Crippen molar-refractivity contribution in [3.8, 4) is 0 Å². The molecule has 0 aromatic heterocycles. The molecule has 0 aliphatic carbocycles. The van der Waals surface area contributed by atoms with Gasteiger partial charge in [-0.3, -0.25) is 25.5 Å². The van der Waals surface area contributed by atoms with Gasteiger partial charge in [0.25, 0.3) is 0 Å². The minimum Gasteiger partial charge on any atom is -0.453 e. The van der Waals surface area contributed by atoms with Crippen molar-refractivity contribution in [2.24, 2.45) is 0 Å². The molecule has 0 saturated carbocycles. The van der Waals surface area contributed by atoms with Crippen molar-refractivity contribution in [2.45, 2.75) is 28.2 Å². The molecule has 0 saturated heterocycles. The zero-order chi connectivity index (χ0) is 24.6. The number of anilines is 1. The first-order chi connectivity index (χ1) is 13.8. The molecule has 0 radical (unpaired) electrons. The number of nitrogens with one attached hydrogen (secondary N) is 1. The summed E-state index contributed by atoms with van der Waals surface area (Å²) < 4.78 is 121. The average molecular weight is 491 g/mol. The summed E-state index contributed by atoms with van der Waals surface area (Å²) in [5, 5.41) is 17.3. The van der Waals surface area contributed by atoms with Gasteiger partial charge in [-0.15, -0.1) is 0 Å². The molecule has 0 bridgehead atoms. The summed E-state index contributed by atoms with van der Waals surface area (Å²) in [6, 6.07) is -0.169. The van der Waals surface area contributed by atoms with E-state index in [0.717, 1.165) is 7.11 Å². The maximum absolute atomic E-state index is 13.7. The fraction of sp³-hybridized carbons (Fsp3) is 0.417.